The van der Waals surface area contributed by atoms with E-state index in [0.717, 1.165) is 65.8 Å². The van der Waals surface area contributed by atoms with E-state index in [9.17, 15) is 0 Å². The summed E-state index contributed by atoms with van der Waals surface area (Å²) in [6.07, 6.45) is 4.21. The lowest BCUT2D eigenvalue weighted by atomic mass is 9.97. The first kappa shape index (κ1) is 23.9. The van der Waals surface area contributed by atoms with Gasteiger partial charge >= 0.3 is 0 Å². The van der Waals surface area contributed by atoms with Gasteiger partial charge < -0.3 is 28.4 Å². The van der Waals surface area contributed by atoms with Crippen LogP contribution in [0, 0.1) is 0 Å². The summed E-state index contributed by atoms with van der Waals surface area (Å²) in [5.41, 5.74) is 4.55. The molecule has 0 bridgehead atoms. The lowest BCUT2D eigenvalue weighted by Gasteiger charge is -2.19. The molecule has 2 aromatic rings. The van der Waals surface area contributed by atoms with Gasteiger partial charge in [-0.2, -0.15) is 0 Å². The van der Waals surface area contributed by atoms with Gasteiger partial charge in [-0.25, -0.2) is 0 Å². The zero-order valence-electron chi connectivity index (χ0n) is 20.5. The zero-order chi connectivity index (χ0) is 24.0. The van der Waals surface area contributed by atoms with Gasteiger partial charge in [0.15, 0.2) is 0 Å². The predicted molar refractivity (Wildman–Crippen MR) is 133 cm³/mol. The van der Waals surface area contributed by atoms with E-state index in [1.165, 1.54) is 0 Å². The van der Waals surface area contributed by atoms with Crippen LogP contribution in [-0.2, 0) is 31.8 Å². The number of para-hydroxylation sites is 2. The maximum Gasteiger partial charge on any atom is 0.122 e. The van der Waals surface area contributed by atoms with Crippen molar-refractivity contribution in [2.45, 2.75) is 45.0 Å². The van der Waals surface area contributed by atoms with Crippen LogP contribution in [0.4, 0.5) is 0 Å². The van der Waals surface area contributed by atoms with Crippen LogP contribution < -0.4 is 9.47 Å². The second kappa shape index (κ2) is 11.3. The molecule has 0 amide bonds. The Morgan fingerprint density at radius 3 is 1.77 bits per heavy atom. The molecule has 3 heterocycles. The molecule has 0 aliphatic carbocycles. The third-order valence-electron chi connectivity index (χ3n) is 6.28. The molecule has 0 radical (unpaired) electrons. The van der Waals surface area contributed by atoms with E-state index in [4.69, 9.17) is 28.4 Å². The minimum absolute atomic E-state index is 0.180. The quantitative estimate of drug-likeness (QED) is 0.224. The van der Waals surface area contributed by atoms with E-state index < -0.39 is 0 Å². The number of hydrogen-bond acceptors (Lipinski definition) is 6. The highest BCUT2D eigenvalue weighted by Gasteiger charge is 2.26. The first-order valence-electron chi connectivity index (χ1n) is 12.4. The standard InChI is InChI=1S/C29H34O6/c1-3-21(13-23-9-5-7-11-28(23)34-18-25-15-31-25)29(35-19-26-16-32-26)20(2)12-22-8-4-6-10-27(22)33-17-24-14-30-24/h3-11,24-26H,12-19H2,1-2H3/b21-3-,29-20-. The van der Waals surface area contributed by atoms with Crippen LogP contribution in [0.3, 0.4) is 0 Å². The fourth-order valence-electron chi connectivity index (χ4n) is 3.99. The van der Waals surface area contributed by atoms with Crippen LogP contribution in [0.25, 0.3) is 0 Å². The topological polar surface area (TPSA) is 65.3 Å². The van der Waals surface area contributed by atoms with Crippen molar-refractivity contribution in [1.82, 2.24) is 0 Å². The number of hydrogen-bond donors (Lipinski definition) is 0. The van der Waals surface area contributed by atoms with Gasteiger partial charge in [0, 0.05) is 12.8 Å². The molecule has 6 nitrogen and oxygen atoms in total. The Balaban J connectivity index is 1.35. The molecule has 3 aliphatic heterocycles. The predicted octanol–water partition coefficient (Wildman–Crippen LogP) is 4.66. The van der Waals surface area contributed by atoms with Crippen molar-refractivity contribution in [3.8, 4) is 11.5 Å². The lowest BCUT2D eigenvalue weighted by molar-refractivity contribution is 0.185. The maximum atomic E-state index is 6.39. The third kappa shape index (κ3) is 7.10. The van der Waals surface area contributed by atoms with E-state index in [-0.39, 0.29) is 18.3 Å². The minimum Gasteiger partial charge on any atom is -0.491 e. The summed E-state index contributed by atoms with van der Waals surface area (Å²) in [7, 11) is 0. The Morgan fingerprint density at radius 1 is 0.771 bits per heavy atom. The van der Waals surface area contributed by atoms with Crippen LogP contribution in [0.1, 0.15) is 25.0 Å². The second-order valence-electron chi connectivity index (χ2n) is 9.29. The average molecular weight is 479 g/mol. The second-order valence-corrected chi connectivity index (χ2v) is 9.29. The molecule has 6 heteroatoms. The summed E-state index contributed by atoms with van der Waals surface area (Å²) < 4.78 is 34.5. The van der Waals surface area contributed by atoms with Crippen molar-refractivity contribution >= 4 is 0 Å². The summed E-state index contributed by atoms with van der Waals surface area (Å²) in [4.78, 5) is 0. The van der Waals surface area contributed by atoms with Crippen molar-refractivity contribution in [2.24, 2.45) is 0 Å². The molecule has 3 unspecified atom stereocenters. The molecule has 5 rings (SSSR count). The fraction of sp³-hybridized carbons (Fsp3) is 0.448. The van der Waals surface area contributed by atoms with Crippen LogP contribution in [-0.4, -0.2) is 58.0 Å². The average Bonchev–Trinajstić information content (AvgIpc) is 3.72. The molecule has 3 atom stereocenters. The highest BCUT2D eigenvalue weighted by atomic mass is 16.6. The normalized spacial score (nSPS) is 23.4. The van der Waals surface area contributed by atoms with Crippen LogP contribution in [0.15, 0.2) is 71.5 Å². The number of ether oxygens (including phenoxy) is 6. The summed E-state index contributed by atoms with van der Waals surface area (Å²) in [5, 5.41) is 0. The molecule has 0 N–H and O–H groups in total. The number of rotatable bonds is 14. The molecule has 2 aromatic carbocycles. The van der Waals surface area contributed by atoms with Crippen molar-refractivity contribution < 1.29 is 28.4 Å². The molecule has 0 aromatic heterocycles. The summed E-state index contributed by atoms with van der Waals surface area (Å²) in [5.74, 6) is 2.71. The van der Waals surface area contributed by atoms with E-state index in [1.54, 1.807) is 0 Å². The van der Waals surface area contributed by atoms with Gasteiger partial charge in [0.2, 0.25) is 0 Å². The van der Waals surface area contributed by atoms with Gasteiger partial charge in [-0.1, -0.05) is 42.5 Å². The largest absolute Gasteiger partial charge is 0.491 e. The molecule has 3 saturated heterocycles. The highest BCUT2D eigenvalue weighted by molar-refractivity contribution is 5.43. The van der Waals surface area contributed by atoms with Crippen molar-refractivity contribution in [2.75, 3.05) is 39.6 Å². The van der Waals surface area contributed by atoms with E-state index in [0.29, 0.717) is 26.2 Å². The third-order valence-corrected chi connectivity index (χ3v) is 6.28. The molecule has 0 saturated carbocycles. The van der Waals surface area contributed by atoms with Crippen LogP contribution in [0.2, 0.25) is 0 Å². The Kier molecular flexibility index (Phi) is 7.72. The highest BCUT2D eigenvalue weighted by Crippen LogP contribution is 2.30. The van der Waals surface area contributed by atoms with E-state index in [2.05, 4.69) is 44.2 Å². The Morgan fingerprint density at radius 2 is 1.26 bits per heavy atom. The van der Waals surface area contributed by atoms with E-state index in [1.807, 2.05) is 24.3 Å². The van der Waals surface area contributed by atoms with Gasteiger partial charge in [-0.15, -0.1) is 0 Å². The van der Waals surface area contributed by atoms with Crippen LogP contribution in [0.5, 0.6) is 11.5 Å². The number of benzene rings is 2. The van der Waals surface area contributed by atoms with Gasteiger partial charge in [0.25, 0.3) is 0 Å². The monoisotopic (exact) mass is 478 g/mol. The number of epoxide rings is 3. The lowest BCUT2D eigenvalue weighted by Crippen LogP contribution is -2.10. The van der Waals surface area contributed by atoms with E-state index >= 15 is 0 Å². The fourth-order valence-corrected chi connectivity index (χ4v) is 3.99. The molecule has 3 fully saturated rings. The zero-order valence-corrected chi connectivity index (χ0v) is 20.5. The molecular formula is C29H34O6. The summed E-state index contributed by atoms with van der Waals surface area (Å²) in [6, 6.07) is 16.4. The maximum absolute atomic E-state index is 6.39. The SMILES string of the molecule is C/C=C(Cc1ccccc1OCC1CO1)\C(OCC1CO1)=C(/C)Cc1ccccc1OCC1CO1. The minimum atomic E-state index is 0.180. The van der Waals surface area contributed by atoms with Gasteiger partial charge in [-0.3, -0.25) is 0 Å². The molecule has 186 valence electrons. The van der Waals surface area contributed by atoms with Crippen LogP contribution >= 0.6 is 0 Å². The van der Waals surface area contributed by atoms with Gasteiger partial charge in [-0.05, 0) is 48.3 Å². The molecule has 35 heavy (non-hydrogen) atoms. The molecular weight excluding hydrogens is 444 g/mol. The van der Waals surface area contributed by atoms with Gasteiger partial charge in [0.1, 0.15) is 55.4 Å². The summed E-state index contributed by atoms with van der Waals surface area (Å²) in [6.45, 7) is 8.26. The molecule has 3 aliphatic rings. The Hall–Kier alpha value is -2.80. The van der Waals surface area contributed by atoms with Gasteiger partial charge in [0.05, 0.1) is 19.8 Å². The number of allylic oxidation sites excluding steroid dienone is 3. The smallest absolute Gasteiger partial charge is 0.122 e. The first-order valence-corrected chi connectivity index (χ1v) is 12.4. The Bertz CT molecular complexity index is 1060. The van der Waals surface area contributed by atoms with Crippen molar-refractivity contribution in [3.63, 3.8) is 0 Å². The molecule has 0 spiro atoms. The van der Waals surface area contributed by atoms with Crippen molar-refractivity contribution in [3.05, 3.63) is 82.6 Å². The van der Waals surface area contributed by atoms with Crippen molar-refractivity contribution in [1.29, 1.82) is 0 Å². The Labute approximate surface area is 207 Å². The first-order chi connectivity index (χ1) is 17.2. The summed E-state index contributed by atoms with van der Waals surface area (Å²) >= 11 is 0.